The molecule has 0 saturated heterocycles. The average molecular weight is 641 g/mol. The van der Waals surface area contributed by atoms with Gasteiger partial charge in [-0.2, -0.15) is 31.6 Å². The first-order chi connectivity index (χ1) is 24.5. The number of nitriles is 6. The van der Waals surface area contributed by atoms with Gasteiger partial charge in [-0.25, -0.2) is 34.9 Å². The SMILES string of the molecule is N#CC(C#N)=C1N=c2ccc(-c3nc(-c4ccc(-c5cccnc5)cc4)nc(-c4ccc5c(c4C#N)=NC(=C(C#N)C#N)N=5)n3)c(C#N)c2=N1. The fourth-order valence-corrected chi connectivity index (χ4v) is 5.22. The summed E-state index contributed by atoms with van der Waals surface area (Å²) in [6, 6.07) is 28.8. The van der Waals surface area contributed by atoms with E-state index in [1.165, 1.54) is 0 Å². The Balaban J connectivity index is 1.47. The smallest absolute Gasteiger partial charge is 0.182 e. The predicted octanol–water partition coefficient (Wildman–Crippen LogP) is 2.70. The lowest BCUT2D eigenvalue weighted by Gasteiger charge is -2.10. The highest BCUT2D eigenvalue weighted by Gasteiger charge is 2.22. The van der Waals surface area contributed by atoms with Crippen molar-refractivity contribution in [1.82, 2.24) is 19.9 Å². The second-order valence-corrected chi connectivity index (χ2v) is 10.4. The molecule has 14 nitrogen and oxygen atoms in total. The zero-order valence-corrected chi connectivity index (χ0v) is 25.2. The van der Waals surface area contributed by atoms with Crippen LogP contribution in [0.15, 0.2) is 116 Å². The van der Waals surface area contributed by atoms with Crippen molar-refractivity contribution in [2.24, 2.45) is 20.0 Å². The molecule has 2 aliphatic heterocycles. The van der Waals surface area contributed by atoms with Crippen molar-refractivity contribution in [2.45, 2.75) is 0 Å². The van der Waals surface area contributed by atoms with Gasteiger partial charge in [-0.3, -0.25) is 4.98 Å². The number of rotatable bonds is 4. The van der Waals surface area contributed by atoms with Crippen molar-refractivity contribution in [2.75, 3.05) is 0 Å². The van der Waals surface area contributed by atoms with Crippen LogP contribution < -0.4 is 21.4 Å². The second-order valence-electron chi connectivity index (χ2n) is 10.4. The minimum absolute atomic E-state index is 0.0464. The highest BCUT2D eigenvalue weighted by Crippen LogP contribution is 2.28. The number of hydrogen-bond donors (Lipinski definition) is 0. The molecule has 0 unspecified atom stereocenters. The van der Waals surface area contributed by atoms with Crippen molar-refractivity contribution in [1.29, 1.82) is 31.6 Å². The zero-order chi connectivity index (χ0) is 34.8. The van der Waals surface area contributed by atoms with E-state index in [-0.39, 0.29) is 83.9 Å². The summed E-state index contributed by atoms with van der Waals surface area (Å²) in [5.41, 5.74) is 2.40. The molecule has 0 N–H and O–H groups in total. The van der Waals surface area contributed by atoms with Crippen LogP contribution in [0.3, 0.4) is 0 Å². The van der Waals surface area contributed by atoms with Gasteiger partial charge in [0, 0.05) is 29.1 Å². The van der Waals surface area contributed by atoms with E-state index >= 15 is 0 Å². The molecule has 226 valence electrons. The Labute approximate surface area is 281 Å². The summed E-state index contributed by atoms with van der Waals surface area (Å²) in [7, 11) is 0. The average Bonchev–Trinajstić information content (AvgIpc) is 3.80. The summed E-state index contributed by atoms with van der Waals surface area (Å²) in [5.74, 6) is 0.127. The first-order valence-electron chi connectivity index (χ1n) is 14.4. The summed E-state index contributed by atoms with van der Waals surface area (Å²) in [4.78, 5) is 35.4. The van der Waals surface area contributed by atoms with Crippen molar-refractivity contribution in [3.05, 3.63) is 128 Å². The molecule has 3 aromatic carbocycles. The third kappa shape index (κ3) is 5.05. The van der Waals surface area contributed by atoms with Crippen LogP contribution in [0.4, 0.5) is 0 Å². The van der Waals surface area contributed by atoms with E-state index in [0.29, 0.717) is 5.56 Å². The minimum Gasteiger partial charge on any atom is -0.264 e. The summed E-state index contributed by atoms with van der Waals surface area (Å²) >= 11 is 0. The lowest BCUT2D eigenvalue weighted by molar-refractivity contribution is 1.07. The van der Waals surface area contributed by atoms with Crippen LogP contribution in [0.25, 0.3) is 45.3 Å². The number of fused-ring (bicyclic) bond motifs is 2. The molecule has 0 saturated carbocycles. The number of allylic oxidation sites excluding steroid dienone is 2. The molecule has 5 aromatic rings. The van der Waals surface area contributed by atoms with Crippen molar-refractivity contribution in [3.63, 3.8) is 0 Å². The molecule has 7 rings (SSSR count). The first kappa shape index (κ1) is 30.1. The van der Waals surface area contributed by atoms with E-state index in [4.69, 9.17) is 15.0 Å². The van der Waals surface area contributed by atoms with Crippen LogP contribution in [-0.2, 0) is 0 Å². The molecule has 0 amide bonds. The third-order valence-corrected chi connectivity index (χ3v) is 7.57. The summed E-state index contributed by atoms with van der Waals surface area (Å²) in [6.07, 6.45) is 3.43. The molecule has 0 spiro atoms. The van der Waals surface area contributed by atoms with Gasteiger partial charge in [0.15, 0.2) is 40.3 Å². The van der Waals surface area contributed by atoms with Crippen LogP contribution in [0.1, 0.15) is 11.1 Å². The number of nitrogens with zero attached hydrogens (tertiary/aromatic N) is 14. The van der Waals surface area contributed by atoms with E-state index in [2.05, 4.69) is 37.1 Å². The molecular weight excluding hydrogens is 628 g/mol. The Bertz CT molecular complexity index is 2730. The second kappa shape index (κ2) is 12.3. The van der Waals surface area contributed by atoms with Gasteiger partial charge >= 0.3 is 0 Å². The van der Waals surface area contributed by atoms with Gasteiger partial charge < -0.3 is 0 Å². The topological polar surface area (TPSA) is 244 Å². The molecule has 0 bridgehead atoms. The minimum atomic E-state index is -0.307. The van der Waals surface area contributed by atoms with E-state index in [1.54, 1.807) is 60.9 Å². The first-order valence-corrected chi connectivity index (χ1v) is 14.4. The van der Waals surface area contributed by atoms with Gasteiger partial charge in [-0.05, 0) is 41.5 Å². The fraction of sp³-hybridized carbons (Fsp3) is 0. The van der Waals surface area contributed by atoms with Gasteiger partial charge in [0.2, 0.25) is 0 Å². The fourth-order valence-electron chi connectivity index (χ4n) is 5.22. The normalized spacial score (nSPS) is 11.6. The maximum Gasteiger partial charge on any atom is 0.182 e. The molecule has 4 heterocycles. The van der Waals surface area contributed by atoms with Gasteiger partial charge in [-0.1, -0.05) is 30.3 Å². The van der Waals surface area contributed by atoms with Gasteiger partial charge in [0.25, 0.3) is 0 Å². The molecule has 2 aliphatic rings. The molecule has 0 atom stereocenters. The van der Waals surface area contributed by atoms with Crippen molar-refractivity contribution >= 4 is 0 Å². The molecule has 0 aliphatic carbocycles. The van der Waals surface area contributed by atoms with Crippen LogP contribution >= 0.6 is 0 Å². The molecule has 0 radical (unpaired) electrons. The van der Waals surface area contributed by atoms with Crippen molar-refractivity contribution in [3.8, 4) is 81.7 Å². The van der Waals surface area contributed by atoms with Crippen LogP contribution in [0, 0.1) is 68.0 Å². The van der Waals surface area contributed by atoms with Crippen LogP contribution in [0.2, 0.25) is 0 Å². The van der Waals surface area contributed by atoms with Crippen molar-refractivity contribution < 1.29 is 0 Å². The number of benzene rings is 3. The Morgan fingerprint density at radius 2 is 0.960 bits per heavy atom. The molecule has 0 fully saturated rings. The zero-order valence-electron chi connectivity index (χ0n) is 25.2. The number of hydrogen-bond acceptors (Lipinski definition) is 14. The highest BCUT2D eigenvalue weighted by atomic mass is 15.0. The number of pyridine rings is 1. The highest BCUT2D eigenvalue weighted by molar-refractivity contribution is 5.73. The lowest BCUT2D eigenvalue weighted by atomic mass is 10.0. The van der Waals surface area contributed by atoms with E-state index < -0.39 is 0 Å². The maximum absolute atomic E-state index is 10.3. The van der Waals surface area contributed by atoms with Gasteiger partial charge in [-0.15, -0.1) is 0 Å². The van der Waals surface area contributed by atoms with E-state index in [0.717, 1.165) is 11.1 Å². The molecule has 2 aromatic heterocycles. The summed E-state index contributed by atoms with van der Waals surface area (Å²) in [5, 5.41) is 58.8. The Kier molecular flexibility index (Phi) is 7.42. The molecule has 50 heavy (non-hydrogen) atoms. The lowest BCUT2D eigenvalue weighted by Crippen LogP contribution is -2.26. The van der Waals surface area contributed by atoms with E-state index in [1.807, 2.05) is 36.4 Å². The van der Waals surface area contributed by atoms with Crippen LogP contribution in [0.5, 0.6) is 0 Å². The maximum atomic E-state index is 10.3. The largest absolute Gasteiger partial charge is 0.264 e. The monoisotopic (exact) mass is 640 g/mol. The third-order valence-electron chi connectivity index (χ3n) is 7.57. The summed E-state index contributed by atoms with van der Waals surface area (Å²) < 4.78 is 0. The van der Waals surface area contributed by atoms with Crippen LogP contribution in [-0.4, -0.2) is 19.9 Å². The Morgan fingerprint density at radius 1 is 0.480 bits per heavy atom. The van der Waals surface area contributed by atoms with Gasteiger partial charge in [0.1, 0.15) is 47.1 Å². The quantitative estimate of drug-likeness (QED) is 0.260. The molecule has 14 heteroatoms. The Hall–Kier alpha value is -8.56. The molecular formula is C36H12N14. The Morgan fingerprint density at radius 3 is 1.40 bits per heavy atom. The number of aromatic nitrogens is 4. The predicted molar refractivity (Wildman–Crippen MR) is 170 cm³/mol. The van der Waals surface area contributed by atoms with E-state index in [9.17, 15) is 31.6 Å². The van der Waals surface area contributed by atoms with Gasteiger partial charge in [0.05, 0.1) is 21.8 Å². The summed E-state index contributed by atoms with van der Waals surface area (Å²) in [6.45, 7) is 0. The standard InChI is InChI=1S/C36H12N14/c37-12-22(13-38)33-44-28-9-7-24(26(16-41)30(28)46-33)35-48-32(20-5-3-19(4-6-20)21-2-1-11-43-18-21)49-36(50-35)25-8-10-29-31(27(25)17-42)47-34(45-29)23(14-39)15-40/h1-11,18H.